The molecule has 0 spiro atoms. The lowest BCUT2D eigenvalue weighted by molar-refractivity contribution is -0.186. The van der Waals surface area contributed by atoms with E-state index in [4.69, 9.17) is 4.74 Å². The van der Waals surface area contributed by atoms with Crippen molar-refractivity contribution in [3.05, 3.63) is 29.8 Å². The summed E-state index contributed by atoms with van der Waals surface area (Å²) in [5, 5.41) is 2.84. The Labute approximate surface area is 161 Å². The van der Waals surface area contributed by atoms with Crippen molar-refractivity contribution >= 4 is 17.5 Å². The van der Waals surface area contributed by atoms with Gasteiger partial charge in [-0.15, -0.1) is 0 Å². The van der Waals surface area contributed by atoms with E-state index < -0.39 is 12.1 Å². The van der Waals surface area contributed by atoms with Crippen molar-refractivity contribution in [1.29, 1.82) is 0 Å². The van der Waals surface area contributed by atoms with Crippen LogP contribution in [0.25, 0.3) is 0 Å². The minimum atomic E-state index is -4.86. The normalized spacial score (nSPS) is 18.8. The summed E-state index contributed by atoms with van der Waals surface area (Å²) in [5.41, 5.74) is 2.06. The van der Waals surface area contributed by atoms with Crippen molar-refractivity contribution in [3.8, 4) is 0 Å². The van der Waals surface area contributed by atoms with Crippen LogP contribution in [0.5, 0.6) is 0 Å². The van der Waals surface area contributed by atoms with E-state index in [9.17, 15) is 22.8 Å². The van der Waals surface area contributed by atoms with Gasteiger partial charge in [-0.2, -0.15) is 13.2 Å². The van der Waals surface area contributed by atoms with Gasteiger partial charge in [-0.25, -0.2) is 0 Å². The SMILES string of the molecule is O=C(NCc1ccc(N2CCOCC2)cc1)C1CCN(C(=O)C(F)(F)F)CC1. The number of hydrogen-bond donors (Lipinski definition) is 1. The molecule has 0 aliphatic carbocycles. The number of carbonyl (C=O) groups is 2. The Balaban J connectivity index is 1.44. The van der Waals surface area contributed by atoms with Crippen LogP contribution in [0.3, 0.4) is 0 Å². The first kappa shape index (κ1) is 20.4. The van der Waals surface area contributed by atoms with Crippen LogP contribution in [0.15, 0.2) is 24.3 Å². The Bertz CT molecular complexity index is 680. The molecule has 154 valence electrons. The second-order valence-corrected chi connectivity index (χ2v) is 7.05. The van der Waals surface area contributed by atoms with E-state index in [2.05, 4.69) is 10.2 Å². The smallest absolute Gasteiger partial charge is 0.378 e. The lowest BCUT2D eigenvalue weighted by Crippen LogP contribution is -2.47. The minimum absolute atomic E-state index is 0.0509. The molecule has 1 aromatic rings. The number of nitrogens with one attached hydrogen (secondary N) is 1. The number of anilines is 1. The summed E-state index contributed by atoms with van der Waals surface area (Å²) in [5.74, 6) is -2.38. The number of hydrogen-bond acceptors (Lipinski definition) is 4. The average molecular weight is 399 g/mol. The molecule has 2 aliphatic heterocycles. The van der Waals surface area contributed by atoms with Crippen molar-refractivity contribution in [2.24, 2.45) is 5.92 Å². The highest BCUT2D eigenvalue weighted by atomic mass is 19.4. The summed E-state index contributed by atoms with van der Waals surface area (Å²) in [4.78, 5) is 26.5. The molecular weight excluding hydrogens is 375 g/mol. The van der Waals surface area contributed by atoms with Gasteiger partial charge in [0.15, 0.2) is 0 Å². The van der Waals surface area contributed by atoms with Gasteiger partial charge in [0.2, 0.25) is 5.91 Å². The first-order valence-electron chi connectivity index (χ1n) is 9.40. The third-order valence-corrected chi connectivity index (χ3v) is 5.17. The zero-order chi connectivity index (χ0) is 20.1. The number of morpholine rings is 1. The van der Waals surface area contributed by atoms with Gasteiger partial charge in [0.05, 0.1) is 13.2 Å². The summed E-state index contributed by atoms with van der Waals surface area (Å²) in [6.07, 6.45) is -4.38. The van der Waals surface area contributed by atoms with Gasteiger partial charge in [0, 0.05) is 44.3 Å². The van der Waals surface area contributed by atoms with Gasteiger partial charge >= 0.3 is 12.1 Å². The number of alkyl halides is 3. The van der Waals surface area contributed by atoms with Crippen molar-refractivity contribution in [3.63, 3.8) is 0 Å². The quantitative estimate of drug-likeness (QED) is 0.841. The van der Waals surface area contributed by atoms with Gasteiger partial charge in [-0.3, -0.25) is 9.59 Å². The van der Waals surface area contributed by atoms with Crippen molar-refractivity contribution in [1.82, 2.24) is 10.2 Å². The summed E-state index contributed by atoms with van der Waals surface area (Å²) in [7, 11) is 0. The third-order valence-electron chi connectivity index (χ3n) is 5.17. The van der Waals surface area contributed by atoms with E-state index >= 15 is 0 Å². The van der Waals surface area contributed by atoms with Crippen LogP contribution in [0.4, 0.5) is 18.9 Å². The molecular formula is C19H24F3N3O3. The van der Waals surface area contributed by atoms with Crippen LogP contribution in [0, 0.1) is 5.92 Å². The highest BCUT2D eigenvalue weighted by Gasteiger charge is 2.43. The number of rotatable bonds is 4. The highest BCUT2D eigenvalue weighted by molar-refractivity contribution is 5.83. The molecule has 0 radical (unpaired) electrons. The van der Waals surface area contributed by atoms with Crippen LogP contribution < -0.4 is 10.2 Å². The maximum Gasteiger partial charge on any atom is 0.471 e. The summed E-state index contributed by atoms with van der Waals surface area (Å²) < 4.78 is 42.7. The molecule has 2 fully saturated rings. The number of halogens is 3. The Morgan fingerprint density at radius 1 is 1.04 bits per heavy atom. The summed E-state index contributed by atoms with van der Waals surface area (Å²) in [6, 6.07) is 7.92. The van der Waals surface area contributed by atoms with E-state index in [0.717, 1.165) is 29.2 Å². The van der Waals surface area contributed by atoms with Crippen LogP contribution >= 0.6 is 0 Å². The topological polar surface area (TPSA) is 61.9 Å². The number of likely N-dealkylation sites (tertiary alicyclic amines) is 1. The van der Waals surface area contributed by atoms with Crippen molar-refractivity contribution < 1.29 is 27.5 Å². The standard InChI is InChI=1S/C19H24F3N3O3/c20-19(21,22)18(27)25-7-5-15(6-8-25)17(26)23-13-14-1-3-16(4-2-14)24-9-11-28-12-10-24/h1-4,15H,5-13H2,(H,23,26). The molecule has 0 saturated carbocycles. The molecule has 1 N–H and O–H groups in total. The number of piperidine rings is 1. The molecule has 2 saturated heterocycles. The van der Waals surface area contributed by atoms with Crippen LogP contribution in [0.1, 0.15) is 18.4 Å². The Kier molecular flexibility index (Phi) is 6.43. The number of amides is 2. The molecule has 0 aromatic heterocycles. The van der Waals surface area contributed by atoms with E-state index in [-0.39, 0.29) is 37.8 Å². The first-order chi connectivity index (χ1) is 13.3. The van der Waals surface area contributed by atoms with E-state index in [0.29, 0.717) is 19.8 Å². The van der Waals surface area contributed by atoms with Crippen molar-refractivity contribution in [2.45, 2.75) is 25.6 Å². The Morgan fingerprint density at radius 2 is 1.64 bits per heavy atom. The van der Waals surface area contributed by atoms with Crippen LogP contribution in [0.2, 0.25) is 0 Å². The molecule has 2 heterocycles. The fraction of sp³-hybridized carbons (Fsp3) is 0.579. The second-order valence-electron chi connectivity index (χ2n) is 7.05. The third kappa shape index (κ3) is 5.15. The van der Waals surface area contributed by atoms with Gasteiger partial charge in [0.1, 0.15) is 0 Å². The largest absolute Gasteiger partial charge is 0.471 e. The molecule has 9 heteroatoms. The van der Waals surface area contributed by atoms with Crippen molar-refractivity contribution in [2.75, 3.05) is 44.3 Å². The maximum atomic E-state index is 12.5. The van der Waals surface area contributed by atoms with Gasteiger partial charge < -0.3 is 19.9 Å². The number of benzene rings is 1. The Hall–Kier alpha value is -2.29. The predicted octanol–water partition coefficient (Wildman–Crippen LogP) is 1.94. The Morgan fingerprint density at radius 3 is 2.21 bits per heavy atom. The number of carbonyl (C=O) groups excluding carboxylic acids is 2. The molecule has 28 heavy (non-hydrogen) atoms. The number of nitrogens with zero attached hydrogens (tertiary/aromatic N) is 2. The summed E-state index contributed by atoms with van der Waals surface area (Å²) >= 11 is 0. The molecule has 0 unspecified atom stereocenters. The number of ether oxygens (including phenoxy) is 1. The fourth-order valence-electron chi connectivity index (χ4n) is 3.50. The predicted molar refractivity (Wildman–Crippen MR) is 96.7 cm³/mol. The van der Waals surface area contributed by atoms with Gasteiger partial charge in [0.25, 0.3) is 0 Å². The summed E-state index contributed by atoms with van der Waals surface area (Å²) in [6.45, 7) is 3.40. The lowest BCUT2D eigenvalue weighted by Gasteiger charge is -2.31. The van der Waals surface area contributed by atoms with Gasteiger partial charge in [-0.05, 0) is 30.5 Å². The first-order valence-corrected chi connectivity index (χ1v) is 9.40. The van der Waals surface area contributed by atoms with E-state index in [1.807, 2.05) is 24.3 Å². The fourth-order valence-corrected chi connectivity index (χ4v) is 3.50. The van der Waals surface area contributed by atoms with E-state index in [1.54, 1.807) is 0 Å². The molecule has 0 atom stereocenters. The molecule has 3 rings (SSSR count). The average Bonchev–Trinajstić information content (AvgIpc) is 2.72. The zero-order valence-corrected chi connectivity index (χ0v) is 15.5. The van der Waals surface area contributed by atoms with Crippen LogP contribution in [-0.4, -0.2) is 62.3 Å². The van der Waals surface area contributed by atoms with Crippen LogP contribution in [-0.2, 0) is 20.9 Å². The highest BCUT2D eigenvalue weighted by Crippen LogP contribution is 2.24. The second kappa shape index (κ2) is 8.81. The molecule has 0 bridgehead atoms. The molecule has 6 nitrogen and oxygen atoms in total. The van der Waals surface area contributed by atoms with E-state index in [1.165, 1.54) is 0 Å². The maximum absolute atomic E-state index is 12.5. The molecule has 1 aromatic carbocycles. The monoisotopic (exact) mass is 399 g/mol. The van der Waals surface area contributed by atoms with Gasteiger partial charge in [-0.1, -0.05) is 12.1 Å². The molecule has 2 amide bonds. The minimum Gasteiger partial charge on any atom is -0.378 e. The lowest BCUT2D eigenvalue weighted by atomic mass is 9.95. The molecule has 2 aliphatic rings. The zero-order valence-electron chi connectivity index (χ0n) is 15.5.